The van der Waals surface area contributed by atoms with Crippen LogP contribution in [0.2, 0.25) is 0 Å². The van der Waals surface area contributed by atoms with Crippen LogP contribution in [0, 0.1) is 12.7 Å². The van der Waals surface area contributed by atoms with Gasteiger partial charge in [0, 0.05) is 6.54 Å². The molecule has 9 heteroatoms. The SMILES string of the molecule is Cc1ccc(CNC(=O)CSc2nnnn2-c2ccc(O)cc2)cc1F. The number of aryl methyl sites for hydroxylation is 1. The van der Waals surface area contributed by atoms with Gasteiger partial charge in [0.05, 0.1) is 11.4 Å². The average molecular weight is 373 g/mol. The molecule has 0 bridgehead atoms. The molecule has 3 aromatic rings. The molecule has 0 unspecified atom stereocenters. The van der Waals surface area contributed by atoms with Gasteiger partial charge in [0.2, 0.25) is 11.1 Å². The topological polar surface area (TPSA) is 92.9 Å². The van der Waals surface area contributed by atoms with E-state index in [-0.39, 0.29) is 29.8 Å². The van der Waals surface area contributed by atoms with Crippen LogP contribution < -0.4 is 5.32 Å². The van der Waals surface area contributed by atoms with Gasteiger partial charge in [-0.1, -0.05) is 23.9 Å². The summed E-state index contributed by atoms with van der Waals surface area (Å²) in [4.78, 5) is 12.0. The van der Waals surface area contributed by atoms with Crippen molar-refractivity contribution in [2.24, 2.45) is 0 Å². The molecule has 0 saturated carbocycles. The number of carbonyl (C=O) groups excluding carboxylic acids is 1. The number of hydrogen-bond acceptors (Lipinski definition) is 6. The van der Waals surface area contributed by atoms with E-state index in [1.807, 2.05) is 0 Å². The zero-order chi connectivity index (χ0) is 18.5. The van der Waals surface area contributed by atoms with Gasteiger partial charge in [0.1, 0.15) is 11.6 Å². The average Bonchev–Trinajstić information content (AvgIpc) is 3.10. The highest BCUT2D eigenvalue weighted by atomic mass is 32.2. The van der Waals surface area contributed by atoms with E-state index < -0.39 is 0 Å². The van der Waals surface area contributed by atoms with Gasteiger partial charge >= 0.3 is 0 Å². The first kappa shape index (κ1) is 17.9. The van der Waals surface area contributed by atoms with Crippen molar-refractivity contribution in [3.63, 3.8) is 0 Å². The third-order valence-corrected chi connectivity index (χ3v) is 4.51. The summed E-state index contributed by atoms with van der Waals surface area (Å²) in [5.74, 6) is -0.245. The molecule has 1 aromatic heterocycles. The molecular formula is C17H16FN5O2S. The van der Waals surface area contributed by atoms with Gasteiger partial charge in [-0.25, -0.2) is 4.39 Å². The number of aromatic hydroxyl groups is 1. The minimum absolute atomic E-state index is 0.118. The second-order valence-electron chi connectivity index (χ2n) is 5.54. The van der Waals surface area contributed by atoms with Gasteiger partial charge in [-0.3, -0.25) is 4.79 Å². The number of amides is 1. The summed E-state index contributed by atoms with van der Waals surface area (Å²) in [7, 11) is 0. The van der Waals surface area contributed by atoms with Crippen molar-refractivity contribution in [2.75, 3.05) is 5.75 Å². The van der Waals surface area contributed by atoms with Crippen LogP contribution >= 0.6 is 11.8 Å². The molecule has 1 heterocycles. The molecule has 0 saturated heterocycles. The number of nitrogens with zero attached hydrogens (tertiary/aromatic N) is 4. The van der Waals surface area contributed by atoms with Gasteiger partial charge in [-0.2, -0.15) is 4.68 Å². The third kappa shape index (κ3) is 4.37. The molecule has 26 heavy (non-hydrogen) atoms. The smallest absolute Gasteiger partial charge is 0.230 e. The first-order chi connectivity index (χ1) is 12.5. The van der Waals surface area contributed by atoms with Crippen molar-refractivity contribution in [3.05, 3.63) is 59.4 Å². The Morgan fingerprint density at radius 1 is 1.27 bits per heavy atom. The maximum absolute atomic E-state index is 13.5. The molecule has 7 nitrogen and oxygen atoms in total. The summed E-state index contributed by atoms with van der Waals surface area (Å²) in [5.41, 5.74) is 1.93. The van der Waals surface area contributed by atoms with Crippen LogP contribution in [0.15, 0.2) is 47.6 Å². The van der Waals surface area contributed by atoms with Crippen molar-refractivity contribution in [2.45, 2.75) is 18.6 Å². The lowest BCUT2D eigenvalue weighted by Gasteiger charge is -2.07. The molecule has 0 aliphatic heterocycles. The highest BCUT2D eigenvalue weighted by Gasteiger charge is 2.11. The minimum atomic E-state index is -0.292. The Morgan fingerprint density at radius 3 is 2.77 bits per heavy atom. The quantitative estimate of drug-likeness (QED) is 0.644. The van der Waals surface area contributed by atoms with Crippen LogP contribution in [0.5, 0.6) is 5.75 Å². The maximum atomic E-state index is 13.5. The summed E-state index contributed by atoms with van der Waals surface area (Å²) >= 11 is 1.18. The lowest BCUT2D eigenvalue weighted by atomic mass is 10.1. The van der Waals surface area contributed by atoms with E-state index in [2.05, 4.69) is 20.8 Å². The molecule has 0 spiro atoms. The number of hydrogen-bond donors (Lipinski definition) is 2. The van der Waals surface area contributed by atoms with E-state index in [1.165, 1.54) is 34.6 Å². The standard InChI is InChI=1S/C17H16FN5O2S/c1-11-2-3-12(8-15(11)18)9-19-16(25)10-26-17-20-21-22-23(17)13-4-6-14(24)7-5-13/h2-8,24H,9-10H2,1H3,(H,19,25). The molecule has 2 N–H and O–H groups in total. The Labute approximate surface area is 153 Å². The summed E-state index contributed by atoms with van der Waals surface area (Å²) in [6.45, 7) is 1.94. The first-order valence-electron chi connectivity index (χ1n) is 7.75. The Balaban J connectivity index is 1.56. The second-order valence-corrected chi connectivity index (χ2v) is 6.48. The molecule has 0 radical (unpaired) electrons. The molecule has 0 aliphatic carbocycles. The van der Waals surface area contributed by atoms with Crippen LogP contribution in [0.25, 0.3) is 5.69 Å². The predicted molar refractivity (Wildman–Crippen MR) is 94.5 cm³/mol. The number of carbonyl (C=O) groups is 1. The van der Waals surface area contributed by atoms with Crippen LogP contribution in [-0.2, 0) is 11.3 Å². The van der Waals surface area contributed by atoms with Crippen molar-refractivity contribution in [1.29, 1.82) is 0 Å². The van der Waals surface area contributed by atoms with Crippen LogP contribution in [-0.4, -0.2) is 37.0 Å². The van der Waals surface area contributed by atoms with E-state index in [0.29, 0.717) is 22.0 Å². The van der Waals surface area contributed by atoms with Gasteiger partial charge in [0.25, 0.3) is 0 Å². The lowest BCUT2D eigenvalue weighted by molar-refractivity contribution is -0.118. The fourth-order valence-electron chi connectivity index (χ4n) is 2.15. The van der Waals surface area contributed by atoms with E-state index >= 15 is 0 Å². The molecule has 2 aromatic carbocycles. The molecule has 134 valence electrons. The molecule has 0 atom stereocenters. The number of tetrazole rings is 1. The fraction of sp³-hybridized carbons (Fsp3) is 0.176. The number of nitrogens with one attached hydrogen (secondary N) is 1. The van der Waals surface area contributed by atoms with Crippen LogP contribution in [0.1, 0.15) is 11.1 Å². The zero-order valence-electron chi connectivity index (χ0n) is 13.9. The van der Waals surface area contributed by atoms with Crippen molar-refractivity contribution in [3.8, 4) is 11.4 Å². The zero-order valence-corrected chi connectivity index (χ0v) is 14.7. The predicted octanol–water partition coefficient (Wildman–Crippen LogP) is 2.22. The molecule has 0 aliphatic rings. The van der Waals surface area contributed by atoms with E-state index in [1.54, 1.807) is 31.2 Å². The van der Waals surface area contributed by atoms with Crippen LogP contribution in [0.4, 0.5) is 4.39 Å². The van der Waals surface area contributed by atoms with Crippen molar-refractivity contribution >= 4 is 17.7 Å². The number of aromatic nitrogens is 4. The largest absolute Gasteiger partial charge is 0.508 e. The Hall–Kier alpha value is -2.94. The highest BCUT2D eigenvalue weighted by Crippen LogP contribution is 2.19. The lowest BCUT2D eigenvalue weighted by Crippen LogP contribution is -2.24. The van der Waals surface area contributed by atoms with E-state index in [0.717, 1.165) is 0 Å². The highest BCUT2D eigenvalue weighted by molar-refractivity contribution is 7.99. The summed E-state index contributed by atoms with van der Waals surface area (Å²) in [6.07, 6.45) is 0. The Morgan fingerprint density at radius 2 is 2.04 bits per heavy atom. The van der Waals surface area contributed by atoms with Crippen molar-refractivity contribution in [1.82, 2.24) is 25.5 Å². The molecule has 1 amide bonds. The summed E-state index contributed by atoms with van der Waals surface area (Å²) < 4.78 is 15.0. The van der Waals surface area contributed by atoms with Gasteiger partial charge < -0.3 is 10.4 Å². The normalized spacial score (nSPS) is 10.7. The first-order valence-corrected chi connectivity index (χ1v) is 8.74. The van der Waals surface area contributed by atoms with E-state index in [9.17, 15) is 14.3 Å². The number of phenols is 1. The van der Waals surface area contributed by atoms with Crippen molar-refractivity contribution < 1.29 is 14.3 Å². The fourth-order valence-corrected chi connectivity index (χ4v) is 2.87. The molecule has 0 fully saturated rings. The van der Waals surface area contributed by atoms with Gasteiger partial charge in [-0.15, -0.1) is 5.10 Å². The second kappa shape index (κ2) is 7.96. The van der Waals surface area contributed by atoms with Gasteiger partial charge in [0.15, 0.2) is 0 Å². The van der Waals surface area contributed by atoms with Gasteiger partial charge in [-0.05, 0) is 58.8 Å². The maximum Gasteiger partial charge on any atom is 0.230 e. The minimum Gasteiger partial charge on any atom is -0.508 e. The number of benzene rings is 2. The van der Waals surface area contributed by atoms with Crippen LogP contribution in [0.3, 0.4) is 0 Å². The number of rotatable bonds is 6. The monoisotopic (exact) mass is 373 g/mol. The number of halogens is 1. The Kier molecular flexibility index (Phi) is 5.47. The summed E-state index contributed by atoms with van der Waals surface area (Å²) in [5, 5.41) is 23.9. The summed E-state index contributed by atoms with van der Waals surface area (Å²) in [6, 6.07) is 11.3. The number of thioether (sulfide) groups is 1. The number of phenolic OH excluding ortho intramolecular Hbond substituents is 1. The molecule has 3 rings (SSSR count). The third-order valence-electron chi connectivity index (χ3n) is 3.59. The molecular weight excluding hydrogens is 357 g/mol. The van der Waals surface area contributed by atoms with E-state index in [4.69, 9.17) is 0 Å². The Bertz CT molecular complexity index is 914.